The SMILES string of the molecule is Cc1ccc(-n2c(SCc3ccccc3)nnc2C(Cc2ccccc2)NC(=O)COCc2ccccc2)cc1. The van der Waals surface area contributed by atoms with Gasteiger partial charge in [-0.2, -0.15) is 0 Å². The van der Waals surface area contributed by atoms with Gasteiger partial charge < -0.3 is 10.1 Å². The van der Waals surface area contributed by atoms with Crippen LogP contribution in [0.3, 0.4) is 0 Å². The van der Waals surface area contributed by atoms with Crippen LogP contribution in [0.2, 0.25) is 0 Å². The van der Waals surface area contributed by atoms with E-state index in [9.17, 15) is 4.79 Å². The molecule has 0 aliphatic rings. The van der Waals surface area contributed by atoms with Gasteiger partial charge in [-0.25, -0.2) is 0 Å². The van der Waals surface area contributed by atoms with Gasteiger partial charge in [0.25, 0.3) is 0 Å². The molecule has 4 aromatic carbocycles. The van der Waals surface area contributed by atoms with Crippen molar-refractivity contribution in [2.45, 2.75) is 36.9 Å². The zero-order valence-corrected chi connectivity index (χ0v) is 23.3. The Morgan fingerprint density at radius 1 is 0.800 bits per heavy atom. The lowest BCUT2D eigenvalue weighted by molar-refractivity contribution is -0.126. The number of carbonyl (C=O) groups excluding carboxylic acids is 1. The zero-order valence-electron chi connectivity index (χ0n) is 22.4. The Morgan fingerprint density at radius 2 is 1.40 bits per heavy atom. The molecule has 6 nitrogen and oxygen atoms in total. The fraction of sp³-hybridized carbons (Fsp3) is 0.182. The predicted octanol–water partition coefficient (Wildman–Crippen LogP) is 6.48. The highest BCUT2D eigenvalue weighted by atomic mass is 32.2. The molecule has 1 amide bonds. The molecule has 0 aliphatic heterocycles. The third kappa shape index (κ3) is 7.46. The van der Waals surface area contributed by atoms with E-state index in [0.29, 0.717) is 18.9 Å². The summed E-state index contributed by atoms with van der Waals surface area (Å²) in [5, 5.41) is 13.2. The van der Waals surface area contributed by atoms with Gasteiger partial charge >= 0.3 is 0 Å². The van der Waals surface area contributed by atoms with Crippen LogP contribution in [-0.4, -0.2) is 27.3 Å². The number of rotatable bonds is 12. The Balaban J connectivity index is 1.42. The monoisotopic (exact) mass is 548 g/mol. The van der Waals surface area contributed by atoms with Crippen LogP contribution in [0.4, 0.5) is 0 Å². The molecule has 0 saturated heterocycles. The first-order chi connectivity index (χ1) is 19.7. The summed E-state index contributed by atoms with van der Waals surface area (Å²) in [6, 6.07) is 38.1. The van der Waals surface area contributed by atoms with Crippen molar-refractivity contribution in [1.29, 1.82) is 0 Å². The Morgan fingerprint density at radius 3 is 2.05 bits per heavy atom. The smallest absolute Gasteiger partial charge is 0.246 e. The van der Waals surface area contributed by atoms with Crippen molar-refractivity contribution in [2.75, 3.05) is 6.61 Å². The quantitative estimate of drug-likeness (QED) is 0.181. The van der Waals surface area contributed by atoms with E-state index in [2.05, 4.69) is 75.5 Å². The topological polar surface area (TPSA) is 69.0 Å². The standard InChI is InChI=1S/C33H32N4O2S/c1-25-17-19-29(20-18-25)37-32(35-36-33(37)40-24-28-15-9-4-10-16-28)30(21-26-11-5-2-6-12-26)34-31(38)23-39-22-27-13-7-3-8-14-27/h2-20,30H,21-24H2,1H3,(H,34,38). The number of aryl methyl sites for hydroxylation is 1. The summed E-state index contributed by atoms with van der Waals surface area (Å²) < 4.78 is 7.79. The van der Waals surface area contributed by atoms with Crippen molar-refractivity contribution in [2.24, 2.45) is 0 Å². The van der Waals surface area contributed by atoms with Gasteiger partial charge in [0.2, 0.25) is 5.91 Å². The van der Waals surface area contributed by atoms with E-state index in [1.54, 1.807) is 11.8 Å². The summed E-state index contributed by atoms with van der Waals surface area (Å²) in [5.41, 5.74) is 5.44. The molecule has 1 heterocycles. The summed E-state index contributed by atoms with van der Waals surface area (Å²) in [4.78, 5) is 13.1. The van der Waals surface area contributed by atoms with E-state index in [0.717, 1.165) is 27.7 Å². The van der Waals surface area contributed by atoms with Crippen LogP contribution in [0, 0.1) is 6.92 Å². The number of aromatic nitrogens is 3. The van der Waals surface area contributed by atoms with E-state index >= 15 is 0 Å². The maximum Gasteiger partial charge on any atom is 0.246 e. The number of ether oxygens (including phenoxy) is 1. The van der Waals surface area contributed by atoms with Crippen molar-refractivity contribution in [3.63, 3.8) is 0 Å². The molecule has 40 heavy (non-hydrogen) atoms. The highest BCUT2D eigenvalue weighted by Gasteiger charge is 2.25. The Labute approximate surface area is 239 Å². The molecule has 1 atom stereocenters. The molecule has 5 aromatic rings. The summed E-state index contributed by atoms with van der Waals surface area (Å²) in [7, 11) is 0. The number of nitrogens with one attached hydrogen (secondary N) is 1. The molecule has 0 spiro atoms. The third-order valence-electron chi connectivity index (χ3n) is 6.44. The van der Waals surface area contributed by atoms with Crippen LogP contribution in [0.1, 0.15) is 34.1 Å². The van der Waals surface area contributed by atoms with Crippen molar-refractivity contribution in [3.8, 4) is 5.69 Å². The van der Waals surface area contributed by atoms with Gasteiger partial charge in [-0.05, 0) is 42.2 Å². The summed E-state index contributed by atoms with van der Waals surface area (Å²) in [5.74, 6) is 1.24. The van der Waals surface area contributed by atoms with E-state index in [4.69, 9.17) is 4.74 Å². The molecule has 1 unspecified atom stereocenters. The number of amides is 1. The molecule has 0 fully saturated rings. The third-order valence-corrected chi connectivity index (χ3v) is 7.44. The van der Waals surface area contributed by atoms with Crippen molar-refractivity contribution >= 4 is 17.7 Å². The lowest BCUT2D eigenvalue weighted by Crippen LogP contribution is -2.34. The molecule has 1 N–H and O–H groups in total. The largest absolute Gasteiger partial charge is 0.367 e. The highest BCUT2D eigenvalue weighted by Crippen LogP contribution is 2.29. The number of hydrogen-bond acceptors (Lipinski definition) is 5. The van der Waals surface area contributed by atoms with E-state index < -0.39 is 6.04 Å². The molecule has 202 valence electrons. The van der Waals surface area contributed by atoms with E-state index in [1.165, 1.54) is 11.1 Å². The van der Waals surface area contributed by atoms with Crippen molar-refractivity contribution in [1.82, 2.24) is 20.1 Å². The zero-order chi connectivity index (χ0) is 27.6. The Kier molecular flexibility index (Phi) is 9.40. The van der Waals surface area contributed by atoms with E-state index in [-0.39, 0.29) is 12.5 Å². The number of carbonyl (C=O) groups is 1. The van der Waals surface area contributed by atoms with Gasteiger partial charge in [-0.3, -0.25) is 9.36 Å². The lowest BCUT2D eigenvalue weighted by Gasteiger charge is -2.20. The van der Waals surface area contributed by atoms with Crippen LogP contribution < -0.4 is 5.32 Å². The molecule has 5 rings (SSSR count). The second-order valence-corrected chi connectivity index (χ2v) is 10.5. The number of thioether (sulfide) groups is 1. The van der Waals surface area contributed by atoms with Gasteiger partial charge in [0.15, 0.2) is 11.0 Å². The lowest BCUT2D eigenvalue weighted by atomic mass is 10.0. The minimum atomic E-state index is -0.407. The van der Waals surface area contributed by atoms with Gasteiger partial charge in [-0.15, -0.1) is 10.2 Å². The predicted molar refractivity (Wildman–Crippen MR) is 159 cm³/mol. The summed E-state index contributed by atoms with van der Waals surface area (Å²) in [6.45, 7) is 2.39. The molecular formula is C33H32N4O2S. The van der Waals surface area contributed by atoms with Gasteiger partial charge in [0.1, 0.15) is 6.61 Å². The maximum absolute atomic E-state index is 13.1. The minimum absolute atomic E-state index is 0.0472. The minimum Gasteiger partial charge on any atom is -0.367 e. The molecule has 0 aliphatic carbocycles. The number of hydrogen-bond donors (Lipinski definition) is 1. The first kappa shape index (κ1) is 27.4. The normalized spacial score (nSPS) is 11.7. The number of benzene rings is 4. The van der Waals surface area contributed by atoms with Gasteiger partial charge in [0, 0.05) is 11.4 Å². The average Bonchev–Trinajstić information content (AvgIpc) is 3.42. The van der Waals surface area contributed by atoms with Crippen molar-refractivity contribution in [3.05, 3.63) is 143 Å². The molecule has 0 saturated carbocycles. The summed E-state index contributed by atoms with van der Waals surface area (Å²) >= 11 is 1.63. The van der Waals surface area contributed by atoms with Crippen LogP contribution in [-0.2, 0) is 28.3 Å². The maximum atomic E-state index is 13.1. The van der Waals surface area contributed by atoms with Crippen LogP contribution in [0.15, 0.2) is 120 Å². The van der Waals surface area contributed by atoms with E-state index in [1.807, 2.05) is 66.7 Å². The first-order valence-corrected chi connectivity index (χ1v) is 14.3. The van der Waals surface area contributed by atoms with Crippen LogP contribution in [0.25, 0.3) is 5.69 Å². The molecule has 1 aromatic heterocycles. The molecule has 0 radical (unpaired) electrons. The van der Waals surface area contributed by atoms with Crippen LogP contribution >= 0.6 is 11.8 Å². The number of nitrogens with zero attached hydrogens (tertiary/aromatic N) is 3. The Hall–Kier alpha value is -4.20. The summed E-state index contributed by atoms with van der Waals surface area (Å²) in [6.07, 6.45) is 0.568. The average molecular weight is 549 g/mol. The van der Waals surface area contributed by atoms with Crippen LogP contribution in [0.5, 0.6) is 0 Å². The fourth-order valence-corrected chi connectivity index (χ4v) is 5.30. The molecular weight excluding hydrogens is 516 g/mol. The molecule has 7 heteroatoms. The highest BCUT2D eigenvalue weighted by molar-refractivity contribution is 7.98. The second-order valence-electron chi connectivity index (χ2n) is 9.57. The van der Waals surface area contributed by atoms with Gasteiger partial charge in [0.05, 0.1) is 12.6 Å². The molecule has 0 bridgehead atoms. The van der Waals surface area contributed by atoms with Gasteiger partial charge in [-0.1, -0.05) is 120 Å². The van der Waals surface area contributed by atoms with Crippen molar-refractivity contribution < 1.29 is 9.53 Å². The fourth-order valence-electron chi connectivity index (χ4n) is 4.39. The second kappa shape index (κ2) is 13.7. The Bertz CT molecular complexity index is 1490. The first-order valence-electron chi connectivity index (χ1n) is 13.3.